The van der Waals surface area contributed by atoms with Crippen LogP contribution in [0.1, 0.15) is 53.4 Å². The molecule has 18 heavy (non-hydrogen) atoms. The molecule has 4 heteroatoms. The molecule has 1 aliphatic rings. The molecule has 1 saturated heterocycles. The number of morpholine rings is 1. The molecule has 0 aliphatic carbocycles. The van der Waals surface area contributed by atoms with Crippen molar-refractivity contribution >= 4 is 5.91 Å². The van der Waals surface area contributed by atoms with Gasteiger partial charge >= 0.3 is 0 Å². The fraction of sp³-hybridized carbons (Fsp3) is 0.929. The van der Waals surface area contributed by atoms with E-state index in [4.69, 9.17) is 10.5 Å². The van der Waals surface area contributed by atoms with Gasteiger partial charge in [0.15, 0.2) is 0 Å². The van der Waals surface area contributed by atoms with E-state index in [9.17, 15) is 4.79 Å². The van der Waals surface area contributed by atoms with Gasteiger partial charge < -0.3 is 15.4 Å². The highest BCUT2D eigenvalue weighted by Crippen LogP contribution is 2.28. The van der Waals surface area contributed by atoms with Crippen molar-refractivity contribution in [2.24, 2.45) is 5.73 Å². The Labute approximate surface area is 111 Å². The maximum atomic E-state index is 12.2. The van der Waals surface area contributed by atoms with Gasteiger partial charge in [-0.3, -0.25) is 4.79 Å². The highest BCUT2D eigenvalue weighted by molar-refractivity contribution is 5.76. The summed E-state index contributed by atoms with van der Waals surface area (Å²) in [5.74, 6) is 0.247. The van der Waals surface area contributed by atoms with E-state index >= 15 is 0 Å². The van der Waals surface area contributed by atoms with Crippen LogP contribution in [-0.2, 0) is 9.53 Å². The number of amides is 1. The molecule has 0 aromatic rings. The highest BCUT2D eigenvalue weighted by atomic mass is 16.5. The average Bonchev–Trinajstić information content (AvgIpc) is 2.19. The second-order valence-electron chi connectivity index (χ2n) is 6.47. The summed E-state index contributed by atoms with van der Waals surface area (Å²) in [4.78, 5) is 14.1. The van der Waals surface area contributed by atoms with Crippen LogP contribution in [0.3, 0.4) is 0 Å². The number of rotatable bonds is 5. The van der Waals surface area contributed by atoms with E-state index in [1.54, 1.807) is 0 Å². The number of nitrogens with zero attached hydrogens (tertiary/aromatic N) is 1. The van der Waals surface area contributed by atoms with Crippen LogP contribution in [-0.4, -0.2) is 41.6 Å². The van der Waals surface area contributed by atoms with Gasteiger partial charge in [0.2, 0.25) is 5.91 Å². The number of unbranched alkanes of at least 4 members (excludes halogenated alkanes) is 2. The number of carbonyl (C=O) groups excluding carboxylic acids is 1. The summed E-state index contributed by atoms with van der Waals surface area (Å²) < 4.78 is 5.97. The Hall–Kier alpha value is -0.610. The first kappa shape index (κ1) is 15.4. The lowest BCUT2D eigenvalue weighted by molar-refractivity contribution is -0.188. The zero-order chi connectivity index (χ0) is 13.8. The van der Waals surface area contributed by atoms with Crippen LogP contribution in [0.25, 0.3) is 0 Å². The normalized spacial score (nSPS) is 21.9. The Bertz CT molecular complexity index is 272. The molecule has 2 N–H and O–H groups in total. The zero-order valence-corrected chi connectivity index (χ0v) is 12.3. The van der Waals surface area contributed by atoms with E-state index in [1.807, 2.05) is 32.6 Å². The van der Waals surface area contributed by atoms with Crippen molar-refractivity contribution in [1.29, 1.82) is 0 Å². The molecule has 0 bridgehead atoms. The van der Waals surface area contributed by atoms with Gasteiger partial charge in [0.05, 0.1) is 11.2 Å². The van der Waals surface area contributed by atoms with Crippen molar-refractivity contribution < 1.29 is 9.53 Å². The summed E-state index contributed by atoms with van der Waals surface area (Å²) in [7, 11) is 0. The minimum atomic E-state index is -0.255. The summed E-state index contributed by atoms with van der Waals surface area (Å²) in [6, 6.07) is 0. The van der Waals surface area contributed by atoms with Gasteiger partial charge in [0.25, 0.3) is 0 Å². The van der Waals surface area contributed by atoms with Gasteiger partial charge in [0.1, 0.15) is 0 Å². The van der Waals surface area contributed by atoms with Gasteiger partial charge in [-0.25, -0.2) is 0 Å². The monoisotopic (exact) mass is 256 g/mol. The van der Waals surface area contributed by atoms with Crippen LogP contribution < -0.4 is 5.73 Å². The third-order valence-corrected chi connectivity index (χ3v) is 3.14. The van der Waals surface area contributed by atoms with E-state index in [0.29, 0.717) is 26.1 Å². The number of hydrogen-bond acceptors (Lipinski definition) is 3. The molecule has 0 spiro atoms. The van der Waals surface area contributed by atoms with Crippen molar-refractivity contribution in [3.63, 3.8) is 0 Å². The summed E-state index contributed by atoms with van der Waals surface area (Å²) >= 11 is 0. The molecule has 0 saturated carbocycles. The van der Waals surface area contributed by atoms with Crippen molar-refractivity contribution in [3.8, 4) is 0 Å². The molecule has 0 atom stereocenters. The summed E-state index contributed by atoms with van der Waals surface area (Å²) in [6.07, 6.45) is 3.62. The summed E-state index contributed by atoms with van der Waals surface area (Å²) in [5, 5.41) is 0. The van der Waals surface area contributed by atoms with Gasteiger partial charge in [0, 0.05) is 19.5 Å². The number of nitrogens with two attached hydrogens (primary N) is 1. The number of ether oxygens (including phenoxy) is 1. The predicted octanol–water partition coefficient (Wildman–Crippen LogP) is 1.92. The molecule has 0 radical (unpaired) electrons. The highest BCUT2D eigenvalue weighted by Gasteiger charge is 2.39. The molecular weight excluding hydrogens is 228 g/mol. The molecule has 0 unspecified atom stereocenters. The molecule has 1 fully saturated rings. The minimum Gasteiger partial charge on any atom is -0.366 e. The Morgan fingerprint density at radius 3 is 2.17 bits per heavy atom. The van der Waals surface area contributed by atoms with Gasteiger partial charge in [-0.1, -0.05) is 6.42 Å². The van der Waals surface area contributed by atoms with Crippen LogP contribution in [0.2, 0.25) is 0 Å². The maximum absolute atomic E-state index is 12.2. The predicted molar refractivity (Wildman–Crippen MR) is 73.3 cm³/mol. The molecule has 106 valence electrons. The second kappa shape index (κ2) is 6.02. The topological polar surface area (TPSA) is 55.6 Å². The van der Waals surface area contributed by atoms with Crippen LogP contribution >= 0.6 is 0 Å². The lowest BCUT2D eigenvalue weighted by Crippen LogP contribution is -2.58. The maximum Gasteiger partial charge on any atom is 0.222 e. The Morgan fingerprint density at radius 2 is 1.67 bits per heavy atom. The van der Waals surface area contributed by atoms with E-state index < -0.39 is 0 Å². The molecule has 1 aliphatic heterocycles. The fourth-order valence-corrected chi connectivity index (χ4v) is 2.72. The number of hydrogen-bond donors (Lipinski definition) is 1. The Balaban J connectivity index is 2.47. The van der Waals surface area contributed by atoms with Gasteiger partial charge in [-0.2, -0.15) is 0 Å². The van der Waals surface area contributed by atoms with Gasteiger partial charge in [-0.15, -0.1) is 0 Å². The second-order valence-corrected chi connectivity index (χ2v) is 6.47. The van der Waals surface area contributed by atoms with Crippen molar-refractivity contribution in [1.82, 2.24) is 4.90 Å². The minimum absolute atomic E-state index is 0.247. The standard InChI is InChI=1S/C14H28N2O2/c1-13(2)10-16(11-14(3,4)18-13)12(17)8-6-5-7-9-15/h5-11,15H2,1-4H3. The summed E-state index contributed by atoms with van der Waals surface area (Å²) in [5.41, 5.74) is 4.94. The quantitative estimate of drug-likeness (QED) is 0.765. The SMILES string of the molecule is CC1(C)CN(C(=O)CCCCCN)CC(C)(C)O1. The van der Waals surface area contributed by atoms with E-state index in [2.05, 4.69) is 0 Å². The average molecular weight is 256 g/mol. The lowest BCUT2D eigenvalue weighted by Gasteiger charge is -2.47. The lowest BCUT2D eigenvalue weighted by atomic mass is 9.98. The molecule has 4 nitrogen and oxygen atoms in total. The fourth-order valence-electron chi connectivity index (χ4n) is 2.72. The molecule has 0 aromatic heterocycles. The largest absolute Gasteiger partial charge is 0.366 e. The van der Waals surface area contributed by atoms with Gasteiger partial charge in [-0.05, 0) is 47.1 Å². The van der Waals surface area contributed by atoms with Crippen LogP contribution in [0.4, 0.5) is 0 Å². The van der Waals surface area contributed by atoms with E-state index in [-0.39, 0.29) is 17.1 Å². The zero-order valence-electron chi connectivity index (χ0n) is 12.3. The molecule has 1 heterocycles. The van der Waals surface area contributed by atoms with E-state index in [0.717, 1.165) is 19.3 Å². The number of carbonyl (C=O) groups is 1. The molecule has 1 rings (SSSR count). The molecular formula is C14H28N2O2. The van der Waals surface area contributed by atoms with E-state index in [1.165, 1.54) is 0 Å². The first-order chi connectivity index (χ1) is 8.26. The smallest absolute Gasteiger partial charge is 0.222 e. The third kappa shape index (κ3) is 4.94. The molecule has 1 amide bonds. The van der Waals surface area contributed by atoms with Crippen molar-refractivity contribution in [3.05, 3.63) is 0 Å². The third-order valence-electron chi connectivity index (χ3n) is 3.14. The Morgan fingerprint density at radius 1 is 1.11 bits per heavy atom. The van der Waals surface area contributed by atoms with Crippen LogP contribution in [0, 0.1) is 0 Å². The molecule has 0 aromatic carbocycles. The van der Waals surface area contributed by atoms with Crippen LogP contribution in [0.5, 0.6) is 0 Å². The Kier molecular flexibility index (Phi) is 5.17. The first-order valence-corrected chi connectivity index (χ1v) is 6.94. The van der Waals surface area contributed by atoms with Crippen LogP contribution in [0.15, 0.2) is 0 Å². The van der Waals surface area contributed by atoms with Crippen molar-refractivity contribution in [2.75, 3.05) is 19.6 Å². The van der Waals surface area contributed by atoms with Crippen molar-refractivity contribution in [2.45, 2.75) is 64.6 Å². The summed E-state index contributed by atoms with van der Waals surface area (Å²) in [6.45, 7) is 10.3. The first-order valence-electron chi connectivity index (χ1n) is 6.94.